The number of hydrogen-bond acceptors (Lipinski definition) is 10. The van der Waals surface area contributed by atoms with Crippen molar-refractivity contribution >= 4 is 5.91 Å². The molecule has 8 N–H and O–H groups in total. The highest BCUT2D eigenvalue weighted by molar-refractivity contribution is 5.80. The lowest BCUT2D eigenvalue weighted by molar-refractivity contribution is -0.303. The van der Waals surface area contributed by atoms with E-state index in [-0.39, 0.29) is 6.42 Å². The van der Waals surface area contributed by atoms with Gasteiger partial charge in [-0.15, -0.1) is 0 Å². The second-order valence-corrected chi connectivity index (χ2v) is 22.9. The molecule has 0 bridgehead atoms. The number of carbonyl (C=O) groups is 1. The average molecular weight is 1040 g/mol. The molecule has 73 heavy (non-hydrogen) atoms. The number of rotatable bonds is 56. The van der Waals surface area contributed by atoms with Gasteiger partial charge in [-0.3, -0.25) is 4.79 Å². The Balaban J connectivity index is 2.24. The predicted octanol–water partition coefficient (Wildman–Crippen LogP) is 14.1. The van der Waals surface area contributed by atoms with Gasteiger partial charge in [0.2, 0.25) is 5.91 Å². The van der Waals surface area contributed by atoms with Crippen molar-refractivity contribution in [2.75, 3.05) is 13.2 Å². The molecule has 9 unspecified atom stereocenters. The van der Waals surface area contributed by atoms with E-state index in [1.54, 1.807) is 0 Å². The van der Waals surface area contributed by atoms with E-state index in [1.165, 1.54) is 244 Å². The maximum atomic E-state index is 13.2. The molecule has 0 saturated carbocycles. The molecule has 1 fully saturated rings. The van der Waals surface area contributed by atoms with Gasteiger partial charge in [0.25, 0.3) is 0 Å². The summed E-state index contributed by atoms with van der Waals surface area (Å²) >= 11 is 0. The van der Waals surface area contributed by atoms with Crippen LogP contribution in [-0.2, 0) is 14.3 Å². The number of amides is 1. The van der Waals surface area contributed by atoms with Gasteiger partial charge in [0, 0.05) is 0 Å². The summed E-state index contributed by atoms with van der Waals surface area (Å²) in [5, 5.41) is 76.4. The molecular weight excluding hydrogens is 919 g/mol. The summed E-state index contributed by atoms with van der Waals surface area (Å²) in [5.74, 6) is -0.688. The van der Waals surface area contributed by atoms with Gasteiger partial charge in [0.1, 0.15) is 36.6 Å². The molecule has 9 atom stereocenters. The molecular formula is C62H123NO10. The van der Waals surface area contributed by atoms with Crippen LogP contribution in [0.3, 0.4) is 0 Å². The minimum atomic E-state index is -1.66. The number of carbonyl (C=O) groups excluding carboxylic acids is 1. The molecule has 0 aromatic heterocycles. The smallest absolute Gasteiger partial charge is 0.249 e. The van der Waals surface area contributed by atoms with Crippen LogP contribution in [0.15, 0.2) is 0 Å². The lowest BCUT2D eigenvalue weighted by Crippen LogP contribution is -2.60. The predicted molar refractivity (Wildman–Crippen MR) is 303 cm³/mol. The summed E-state index contributed by atoms with van der Waals surface area (Å²) in [5.41, 5.74) is 0. The Hall–Kier alpha value is -0.890. The maximum Gasteiger partial charge on any atom is 0.249 e. The van der Waals surface area contributed by atoms with Crippen LogP contribution in [0.5, 0.6) is 0 Å². The molecule has 1 rings (SSSR count). The van der Waals surface area contributed by atoms with Crippen LogP contribution in [0.4, 0.5) is 0 Å². The van der Waals surface area contributed by atoms with E-state index in [4.69, 9.17) is 9.47 Å². The molecule has 1 aliphatic heterocycles. The maximum absolute atomic E-state index is 13.2. The monoisotopic (exact) mass is 1040 g/mol. The van der Waals surface area contributed by atoms with Gasteiger partial charge in [-0.05, 0) is 12.8 Å². The molecule has 1 saturated heterocycles. The van der Waals surface area contributed by atoms with Crippen LogP contribution in [-0.4, -0.2) is 110 Å². The van der Waals surface area contributed by atoms with E-state index >= 15 is 0 Å². The van der Waals surface area contributed by atoms with Crippen molar-refractivity contribution in [3.63, 3.8) is 0 Å². The van der Waals surface area contributed by atoms with E-state index in [1.807, 2.05) is 0 Å². The highest BCUT2D eigenvalue weighted by atomic mass is 16.7. The first-order valence-electron chi connectivity index (χ1n) is 31.9. The average Bonchev–Trinajstić information content (AvgIpc) is 3.39. The Kier molecular flexibility index (Phi) is 49.8. The summed E-state index contributed by atoms with van der Waals surface area (Å²) in [6, 6.07) is -1.16. The minimum absolute atomic E-state index is 0.267. The lowest BCUT2D eigenvalue weighted by atomic mass is 9.98. The van der Waals surface area contributed by atoms with Crippen molar-refractivity contribution < 1.29 is 50.0 Å². The molecule has 1 aliphatic rings. The number of unbranched alkanes of at least 4 members (excludes halogenated alkanes) is 44. The summed E-state index contributed by atoms with van der Waals surface area (Å²) in [7, 11) is 0. The van der Waals surface area contributed by atoms with E-state index < -0.39 is 74.2 Å². The lowest BCUT2D eigenvalue weighted by Gasteiger charge is -2.40. The first-order valence-corrected chi connectivity index (χ1v) is 31.9. The molecule has 0 spiro atoms. The Morgan fingerprint density at radius 1 is 0.425 bits per heavy atom. The summed E-state index contributed by atoms with van der Waals surface area (Å²) < 4.78 is 11.2. The van der Waals surface area contributed by atoms with Gasteiger partial charge in [-0.25, -0.2) is 0 Å². The van der Waals surface area contributed by atoms with E-state index in [0.29, 0.717) is 19.3 Å². The zero-order valence-electron chi connectivity index (χ0n) is 47.9. The highest BCUT2D eigenvalue weighted by Gasteiger charge is 2.44. The van der Waals surface area contributed by atoms with E-state index in [0.717, 1.165) is 38.5 Å². The normalized spacial score (nSPS) is 19.8. The molecule has 0 aromatic carbocycles. The molecule has 11 heteroatoms. The Morgan fingerprint density at radius 2 is 0.712 bits per heavy atom. The van der Waals surface area contributed by atoms with E-state index in [9.17, 15) is 40.5 Å². The van der Waals surface area contributed by atoms with Gasteiger partial charge in [0.05, 0.1) is 25.4 Å². The van der Waals surface area contributed by atoms with Crippen molar-refractivity contribution in [3.05, 3.63) is 0 Å². The summed E-state index contributed by atoms with van der Waals surface area (Å²) in [6.07, 6.45) is 48.8. The molecule has 11 nitrogen and oxygen atoms in total. The highest BCUT2D eigenvalue weighted by Crippen LogP contribution is 2.24. The van der Waals surface area contributed by atoms with Gasteiger partial charge in [0.15, 0.2) is 6.29 Å². The van der Waals surface area contributed by atoms with Crippen molar-refractivity contribution in [2.45, 2.75) is 377 Å². The topological polar surface area (TPSA) is 189 Å². The molecule has 0 aliphatic carbocycles. The minimum Gasteiger partial charge on any atom is -0.394 e. The first kappa shape index (κ1) is 70.1. The van der Waals surface area contributed by atoms with Gasteiger partial charge in [-0.1, -0.05) is 309 Å². The Labute approximate surface area is 449 Å². The number of hydrogen-bond donors (Lipinski definition) is 8. The van der Waals surface area contributed by atoms with Crippen molar-refractivity contribution in [2.24, 2.45) is 0 Å². The zero-order chi connectivity index (χ0) is 53.3. The third kappa shape index (κ3) is 40.0. The fourth-order valence-corrected chi connectivity index (χ4v) is 10.7. The second-order valence-electron chi connectivity index (χ2n) is 22.9. The zero-order valence-corrected chi connectivity index (χ0v) is 47.9. The quantitative estimate of drug-likeness (QED) is 0.0272. The SMILES string of the molecule is CCCCCCCCCCCCCCCCCCCCCCCCCCCC(O)C(O)C(COC1OC(CO)C(O)C(O)C1O)NC(=O)C(O)CCCCCCCCCCCCCCCCCCCCCCC. The third-order valence-corrected chi connectivity index (χ3v) is 15.9. The Bertz CT molecular complexity index is 1150. The standard InChI is InChI=1S/C62H123NO10/c1-3-5-7-9-11-13-15-17-19-21-23-25-26-27-28-30-31-33-35-37-39-41-43-45-47-49-54(65)57(67)53(52-72-62-60(70)59(69)58(68)56(51-64)73-62)63-61(71)55(66)50-48-46-44-42-40-38-36-34-32-29-24-22-20-18-16-14-12-10-8-6-4-2/h53-60,62,64-70H,3-52H2,1-2H3,(H,63,71). The van der Waals surface area contributed by atoms with Crippen LogP contribution < -0.4 is 5.32 Å². The van der Waals surface area contributed by atoms with Crippen LogP contribution in [0.25, 0.3) is 0 Å². The van der Waals surface area contributed by atoms with Gasteiger partial charge in [-0.2, -0.15) is 0 Å². The van der Waals surface area contributed by atoms with Crippen LogP contribution in [0, 0.1) is 0 Å². The molecule has 0 aromatic rings. The second kappa shape index (κ2) is 51.8. The Morgan fingerprint density at radius 3 is 1.01 bits per heavy atom. The van der Waals surface area contributed by atoms with Crippen LogP contribution in [0.1, 0.15) is 322 Å². The fourth-order valence-electron chi connectivity index (χ4n) is 10.7. The number of ether oxygens (including phenoxy) is 2. The van der Waals surface area contributed by atoms with Crippen molar-refractivity contribution in [1.29, 1.82) is 0 Å². The first-order chi connectivity index (χ1) is 35.7. The summed E-state index contributed by atoms with van der Waals surface area (Å²) in [6.45, 7) is 3.51. The van der Waals surface area contributed by atoms with Gasteiger partial charge >= 0.3 is 0 Å². The largest absolute Gasteiger partial charge is 0.394 e. The van der Waals surface area contributed by atoms with Crippen molar-refractivity contribution in [3.8, 4) is 0 Å². The van der Waals surface area contributed by atoms with Crippen LogP contribution in [0.2, 0.25) is 0 Å². The number of nitrogens with one attached hydrogen (secondary N) is 1. The summed E-state index contributed by atoms with van der Waals surface area (Å²) in [4.78, 5) is 13.2. The van der Waals surface area contributed by atoms with Gasteiger partial charge < -0.3 is 50.5 Å². The van der Waals surface area contributed by atoms with Crippen molar-refractivity contribution in [1.82, 2.24) is 5.32 Å². The molecule has 1 heterocycles. The van der Waals surface area contributed by atoms with Crippen LogP contribution >= 0.6 is 0 Å². The molecule has 1 amide bonds. The third-order valence-electron chi connectivity index (χ3n) is 15.9. The van der Waals surface area contributed by atoms with E-state index in [2.05, 4.69) is 19.2 Å². The molecule has 436 valence electrons. The number of aliphatic hydroxyl groups excluding tert-OH is 7. The fraction of sp³-hybridized carbons (Fsp3) is 0.984. The number of aliphatic hydroxyl groups is 7. The molecule has 0 radical (unpaired) electrons.